The van der Waals surface area contributed by atoms with Crippen molar-refractivity contribution in [2.45, 2.75) is 64.5 Å². The van der Waals surface area contributed by atoms with E-state index in [0.717, 1.165) is 30.1 Å². The zero-order valence-corrected chi connectivity index (χ0v) is 21.2. The Hall–Kier alpha value is -0.940. The molecule has 30 heavy (non-hydrogen) atoms. The maximum Gasteiger partial charge on any atom is 0.192 e. The topological polar surface area (TPSA) is 79.6 Å². The van der Waals surface area contributed by atoms with Gasteiger partial charge < -0.3 is 24.8 Å². The predicted octanol–water partition coefficient (Wildman–Crippen LogP) is 2.47. The van der Waals surface area contributed by atoms with Crippen molar-refractivity contribution in [1.29, 1.82) is 0 Å². The molecular weight excluding hydrogens is 493 g/mol. The third-order valence-corrected chi connectivity index (χ3v) is 6.33. The molecule has 0 spiro atoms. The van der Waals surface area contributed by atoms with Crippen LogP contribution in [-0.4, -0.2) is 71.6 Å². The van der Waals surface area contributed by atoms with Crippen molar-refractivity contribution in [3.05, 3.63) is 11.6 Å². The van der Waals surface area contributed by atoms with Gasteiger partial charge in [0.05, 0.1) is 6.61 Å². The van der Waals surface area contributed by atoms with E-state index in [2.05, 4.69) is 25.7 Å². The zero-order valence-electron chi connectivity index (χ0n) is 18.9. The summed E-state index contributed by atoms with van der Waals surface area (Å²) >= 11 is 0. The highest BCUT2D eigenvalue weighted by atomic mass is 127. The number of nitrogens with one attached hydrogen (secondary N) is 2. The Morgan fingerprint density at radius 3 is 2.50 bits per heavy atom. The highest BCUT2D eigenvalue weighted by Gasteiger charge is 2.23. The fraction of sp³-hybridized carbons (Fsp3) is 0.857. The van der Waals surface area contributed by atoms with Gasteiger partial charge in [0.15, 0.2) is 11.8 Å². The molecule has 2 fully saturated rings. The van der Waals surface area contributed by atoms with E-state index in [0.29, 0.717) is 19.2 Å². The average molecular weight is 534 g/mol. The van der Waals surface area contributed by atoms with Crippen LogP contribution in [0.3, 0.4) is 0 Å². The van der Waals surface area contributed by atoms with Crippen LogP contribution < -0.4 is 10.6 Å². The minimum Gasteiger partial charge on any atom is -0.383 e. The first-order chi connectivity index (χ1) is 14.2. The Morgan fingerprint density at radius 2 is 1.87 bits per heavy atom. The number of ether oxygens (including phenoxy) is 1. The molecule has 1 saturated heterocycles. The van der Waals surface area contributed by atoms with Gasteiger partial charge in [-0.1, -0.05) is 19.3 Å². The van der Waals surface area contributed by atoms with E-state index in [1.807, 2.05) is 18.5 Å². The van der Waals surface area contributed by atoms with Gasteiger partial charge in [-0.05, 0) is 38.5 Å². The number of aromatic nitrogens is 3. The third kappa shape index (κ3) is 7.96. The fourth-order valence-corrected chi connectivity index (χ4v) is 4.35. The smallest absolute Gasteiger partial charge is 0.192 e. The van der Waals surface area contributed by atoms with E-state index in [9.17, 15) is 0 Å². The molecule has 1 aromatic rings. The fourth-order valence-electron chi connectivity index (χ4n) is 4.35. The lowest BCUT2D eigenvalue weighted by atomic mass is 9.88. The number of aliphatic imine (C=N–C) groups is 1. The largest absolute Gasteiger partial charge is 0.383 e. The SMILES string of the molecule is COCCNC(=NCc1nnc(C)n1C)NC1CCN(CC2CCCCC2)CC1.I. The molecule has 1 aliphatic heterocycles. The summed E-state index contributed by atoms with van der Waals surface area (Å²) < 4.78 is 7.16. The number of hydrogen-bond donors (Lipinski definition) is 2. The highest BCUT2D eigenvalue weighted by molar-refractivity contribution is 14.0. The minimum absolute atomic E-state index is 0. The van der Waals surface area contributed by atoms with Gasteiger partial charge in [-0.25, -0.2) is 4.99 Å². The summed E-state index contributed by atoms with van der Waals surface area (Å²) in [6, 6.07) is 0.465. The Kier molecular flexibility index (Phi) is 11.4. The molecule has 1 aromatic heterocycles. The number of piperidine rings is 1. The molecule has 8 nitrogen and oxygen atoms in total. The molecule has 2 N–H and O–H groups in total. The molecule has 1 aliphatic carbocycles. The number of likely N-dealkylation sites (tertiary alicyclic amines) is 1. The number of rotatable bonds is 8. The Morgan fingerprint density at radius 1 is 1.13 bits per heavy atom. The Labute approximate surface area is 198 Å². The molecule has 172 valence electrons. The number of guanidine groups is 1. The number of hydrogen-bond acceptors (Lipinski definition) is 5. The van der Waals surface area contributed by atoms with Crippen molar-refractivity contribution in [3.8, 4) is 0 Å². The standard InChI is InChI=1S/C21H39N7O.HI/c1-17-25-26-20(27(17)2)15-23-21(22-11-14-29-3)24-19-9-12-28(13-10-19)16-18-7-5-4-6-8-18;/h18-19H,4-16H2,1-3H3,(H2,22,23,24);1H. The normalized spacial score (nSPS) is 19.5. The molecule has 0 aromatic carbocycles. The van der Waals surface area contributed by atoms with Crippen LogP contribution in [0.5, 0.6) is 0 Å². The molecule has 0 unspecified atom stereocenters. The first-order valence-electron chi connectivity index (χ1n) is 11.3. The van der Waals surface area contributed by atoms with Gasteiger partial charge in [-0.2, -0.15) is 0 Å². The molecule has 0 radical (unpaired) electrons. The molecular formula is C21H40IN7O. The van der Waals surface area contributed by atoms with Crippen molar-refractivity contribution in [2.75, 3.05) is 39.9 Å². The second-order valence-corrected chi connectivity index (χ2v) is 8.53. The van der Waals surface area contributed by atoms with Gasteiger partial charge in [0.2, 0.25) is 0 Å². The van der Waals surface area contributed by atoms with Gasteiger partial charge >= 0.3 is 0 Å². The van der Waals surface area contributed by atoms with Crippen molar-refractivity contribution in [2.24, 2.45) is 18.0 Å². The van der Waals surface area contributed by atoms with E-state index in [-0.39, 0.29) is 24.0 Å². The average Bonchev–Trinajstić information content (AvgIpc) is 3.06. The van der Waals surface area contributed by atoms with Crippen LogP contribution in [0.4, 0.5) is 0 Å². The van der Waals surface area contributed by atoms with Crippen LogP contribution in [0.25, 0.3) is 0 Å². The van der Waals surface area contributed by atoms with E-state index >= 15 is 0 Å². The third-order valence-electron chi connectivity index (χ3n) is 6.33. The monoisotopic (exact) mass is 533 g/mol. The molecule has 0 atom stereocenters. The summed E-state index contributed by atoms with van der Waals surface area (Å²) in [5.74, 6) is 3.55. The van der Waals surface area contributed by atoms with Crippen molar-refractivity contribution in [3.63, 3.8) is 0 Å². The van der Waals surface area contributed by atoms with Crippen LogP contribution >= 0.6 is 24.0 Å². The quantitative estimate of drug-likeness (QED) is 0.232. The van der Waals surface area contributed by atoms with E-state index < -0.39 is 0 Å². The Balaban J connectivity index is 0.00000320. The lowest BCUT2D eigenvalue weighted by Gasteiger charge is -2.36. The maximum atomic E-state index is 5.18. The summed E-state index contributed by atoms with van der Waals surface area (Å²) in [6.07, 6.45) is 9.50. The molecule has 0 amide bonds. The van der Waals surface area contributed by atoms with Gasteiger partial charge in [-0.3, -0.25) is 0 Å². The van der Waals surface area contributed by atoms with Gasteiger partial charge in [0, 0.05) is 46.4 Å². The van der Waals surface area contributed by atoms with E-state index in [1.54, 1.807) is 7.11 Å². The lowest BCUT2D eigenvalue weighted by molar-refractivity contribution is 0.160. The van der Waals surface area contributed by atoms with Crippen LogP contribution in [0, 0.1) is 12.8 Å². The lowest BCUT2D eigenvalue weighted by Crippen LogP contribution is -2.49. The van der Waals surface area contributed by atoms with Crippen molar-refractivity contribution < 1.29 is 4.74 Å². The summed E-state index contributed by atoms with van der Waals surface area (Å²) in [5, 5.41) is 15.4. The van der Waals surface area contributed by atoms with Gasteiger partial charge in [0.25, 0.3) is 0 Å². The molecule has 0 bridgehead atoms. The first kappa shape index (κ1) is 25.3. The summed E-state index contributed by atoms with van der Waals surface area (Å²) in [7, 11) is 3.70. The number of methoxy groups -OCH3 is 1. The number of nitrogens with zero attached hydrogens (tertiary/aromatic N) is 5. The van der Waals surface area contributed by atoms with Gasteiger partial charge in [0.1, 0.15) is 12.4 Å². The van der Waals surface area contributed by atoms with Crippen LogP contribution in [0.15, 0.2) is 4.99 Å². The molecule has 9 heteroatoms. The predicted molar refractivity (Wildman–Crippen MR) is 131 cm³/mol. The zero-order chi connectivity index (χ0) is 20.5. The van der Waals surface area contributed by atoms with Crippen LogP contribution in [-0.2, 0) is 18.3 Å². The van der Waals surface area contributed by atoms with Crippen molar-refractivity contribution in [1.82, 2.24) is 30.3 Å². The second kappa shape index (κ2) is 13.5. The Bertz CT molecular complexity index is 637. The minimum atomic E-state index is 0. The summed E-state index contributed by atoms with van der Waals surface area (Å²) in [5.41, 5.74) is 0. The molecule has 1 saturated carbocycles. The van der Waals surface area contributed by atoms with E-state index in [4.69, 9.17) is 9.73 Å². The van der Waals surface area contributed by atoms with Crippen molar-refractivity contribution >= 4 is 29.9 Å². The second-order valence-electron chi connectivity index (χ2n) is 8.53. The first-order valence-corrected chi connectivity index (χ1v) is 11.3. The molecule has 2 aliphatic rings. The highest BCUT2D eigenvalue weighted by Crippen LogP contribution is 2.25. The van der Waals surface area contributed by atoms with Crippen LogP contribution in [0.2, 0.25) is 0 Å². The summed E-state index contributed by atoms with van der Waals surface area (Å²) in [4.78, 5) is 7.42. The maximum absolute atomic E-state index is 5.18. The van der Waals surface area contributed by atoms with E-state index in [1.165, 1.54) is 64.6 Å². The number of aryl methyl sites for hydroxylation is 1. The molecule has 3 rings (SSSR count). The van der Waals surface area contributed by atoms with Gasteiger partial charge in [-0.15, -0.1) is 34.2 Å². The summed E-state index contributed by atoms with van der Waals surface area (Å²) in [6.45, 7) is 7.52. The molecule has 2 heterocycles. The van der Waals surface area contributed by atoms with Crippen LogP contribution in [0.1, 0.15) is 56.6 Å². The number of halogens is 1.